The van der Waals surface area contributed by atoms with Crippen molar-refractivity contribution in [2.45, 2.75) is 18.6 Å². The maximum absolute atomic E-state index is 9.62. The van der Waals surface area contributed by atoms with Crippen molar-refractivity contribution in [3.8, 4) is 0 Å². The molecule has 2 heterocycles. The third-order valence-electron chi connectivity index (χ3n) is 1.91. The number of epoxide rings is 1. The van der Waals surface area contributed by atoms with Gasteiger partial charge in [-0.3, -0.25) is 0 Å². The second-order valence-corrected chi connectivity index (χ2v) is 3.33. The Labute approximate surface area is 80.5 Å². The highest BCUT2D eigenvalue weighted by molar-refractivity contribution is 6.28. The number of ether oxygens (including phenoxy) is 1. The van der Waals surface area contributed by atoms with Gasteiger partial charge in [0, 0.05) is 24.4 Å². The Morgan fingerprint density at radius 2 is 2.23 bits per heavy atom. The molecule has 0 radical (unpaired) electrons. The van der Waals surface area contributed by atoms with Crippen molar-refractivity contribution in [3.63, 3.8) is 0 Å². The molecule has 1 aromatic rings. The fraction of sp³-hybridized carbons (Fsp3) is 0.500. The Balaban J connectivity index is 2.01. The highest BCUT2D eigenvalue weighted by Crippen LogP contribution is 2.24. The van der Waals surface area contributed by atoms with Crippen LogP contribution in [0.5, 0.6) is 0 Å². The third kappa shape index (κ3) is 2.37. The fourth-order valence-electron chi connectivity index (χ4n) is 1.08. The van der Waals surface area contributed by atoms with Crippen molar-refractivity contribution in [2.24, 2.45) is 0 Å². The predicted octanol–water partition coefficient (Wildman–Crippen LogP) is 0.952. The number of hydrogen-bond donors (Lipinski definition) is 1. The van der Waals surface area contributed by atoms with Crippen molar-refractivity contribution in [2.75, 3.05) is 6.61 Å². The van der Waals surface area contributed by atoms with Crippen LogP contribution < -0.4 is 0 Å². The van der Waals surface area contributed by atoms with E-state index in [0.717, 1.165) is 6.61 Å². The zero-order chi connectivity index (χ0) is 9.26. The van der Waals surface area contributed by atoms with Crippen molar-refractivity contribution in [1.29, 1.82) is 0 Å². The molecule has 5 heteroatoms. The number of aliphatic hydroxyl groups excluding tert-OH is 1. The lowest BCUT2D eigenvalue weighted by molar-refractivity contribution is 0.153. The first-order valence-corrected chi connectivity index (χ1v) is 4.40. The normalized spacial score (nSPS) is 22.8. The number of aliphatic hydroxyl groups is 1. The number of halogens is 1. The minimum Gasteiger partial charge on any atom is -0.388 e. The van der Waals surface area contributed by atoms with Gasteiger partial charge in [0.25, 0.3) is 0 Å². The SMILES string of the molecule is OC(CC1CO1)c1cnc(Cl)nc1. The third-order valence-corrected chi connectivity index (χ3v) is 2.11. The summed E-state index contributed by atoms with van der Waals surface area (Å²) in [5, 5.41) is 9.81. The molecule has 1 aliphatic rings. The minimum absolute atomic E-state index is 0.193. The van der Waals surface area contributed by atoms with Crippen LogP contribution in [0.1, 0.15) is 18.1 Å². The molecule has 2 rings (SSSR count). The average Bonchev–Trinajstić information content (AvgIpc) is 2.89. The lowest BCUT2D eigenvalue weighted by atomic mass is 10.1. The Kier molecular flexibility index (Phi) is 2.44. The van der Waals surface area contributed by atoms with Gasteiger partial charge in [0.05, 0.1) is 18.8 Å². The smallest absolute Gasteiger partial charge is 0.222 e. The molecule has 0 spiro atoms. The summed E-state index contributed by atoms with van der Waals surface area (Å²) in [5.74, 6) is 0. The molecule has 1 aromatic heterocycles. The lowest BCUT2D eigenvalue weighted by Crippen LogP contribution is -2.02. The summed E-state index contributed by atoms with van der Waals surface area (Å²) in [6, 6.07) is 0. The molecule has 1 fully saturated rings. The summed E-state index contributed by atoms with van der Waals surface area (Å²) in [7, 11) is 0. The van der Waals surface area contributed by atoms with Crippen LogP contribution >= 0.6 is 11.6 Å². The predicted molar refractivity (Wildman–Crippen MR) is 46.4 cm³/mol. The Morgan fingerprint density at radius 3 is 2.77 bits per heavy atom. The van der Waals surface area contributed by atoms with Crippen LogP contribution in [-0.2, 0) is 4.74 Å². The largest absolute Gasteiger partial charge is 0.388 e. The zero-order valence-corrected chi connectivity index (χ0v) is 7.61. The summed E-state index contributed by atoms with van der Waals surface area (Å²) >= 11 is 5.51. The van der Waals surface area contributed by atoms with E-state index in [9.17, 15) is 5.11 Å². The molecule has 70 valence electrons. The second-order valence-electron chi connectivity index (χ2n) is 2.99. The summed E-state index contributed by atoms with van der Waals surface area (Å²) < 4.78 is 5.00. The molecule has 0 aromatic carbocycles. The van der Waals surface area contributed by atoms with Gasteiger partial charge in [-0.2, -0.15) is 0 Å². The monoisotopic (exact) mass is 200 g/mol. The maximum Gasteiger partial charge on any atom is 0.222 e. The summed E-state index contributed by atoms with van der Waals surface area (Å²) in [6.07, 6.45) is 3.31. The Bertz CT molecular complexity index is 287. The quantitative estimate of drug-likeness (QED) is 0.583. The van der Waals surface area contributed by atoms with E-state index in [1.165, 1.54) is 12.4 Å². The van der Waals surface area contributed by atoms with E-state index in [0.29, 0.717) is 12.0 Å². The first-order chi connectivity index (χ1) is 6.25. The van der Waals surface area contributed by atoms with Crippen molar-refractivity contribution in [1.82, 2.24) is 9.97 Å². The van der Waals surface area contributed by atoms with Crippen LogP contribution in [0, 0.1) is 0 Å². The summed E-state index contributed by atoms with van der Waals surface area (Å²) in [4.78, 5) is 7.56. The van der Waals surface area contributed by atoms with Gasteiger partial charge in [-0.1, -0.05) is 0 Å². The van der Waals surface area contributed by atoms with Gasteiger partial charge in [0.1, 0.15) is 0 Å². The summed E-state index contributed by atoms with van der Waals surface area (Å²) in [6.45, 7) is 0.742. The van der Waals surface area contributed by atoms with Crippen LogP contribution in [0.4, 0.5) is 0 Å². The molecule has 13 heavy (non-hydrogen) atoms. The average molecular weight is 201 g/mol. The zero-order valence-electron chi connectivity index (χ0n) is 6.85. The molecule has 1 aliphatic heterocycles. The molecule has 0 saturated carbocycles. The van der Waals surface area contributed by atoms with E-state index in [-0.39, 0.29) is 11.4 Å². The van der Waals surface area contributed by atoms with Gasteiger partial charge in [0.2, 0.25) is 5.28 Å². The second kappa shape index (κ2) is 3.57. The lowest BCUT2D eigenvalue weighted by Gasteiger charge is -2.07. The van der Waals surface area contributed by atoms with E-state index in [2.05, 4.69) is 9.97 Å². The maximum atomic E-state index is 9.62. The highest BCUT2D eigenvalue weighted by Gasteiger charge is 2.26. The number of aromatic nitrogens is 2. The molecule has 4 nitrogen and oxygen atoms in total. The molecule has 1 saturated heterocycles. The molecular weight excluding hydrogens is 192 g/mol. The molecule has 2 atom stereocenters. The topological polar surface area (TPSA) is 58.5 Å². The van der Waals surface area contributed by atoms with Crippen molar-refractivity contribution in [3.05, 3.63) is 23.2 Å². The van der Waals surface area contributed by atoms with Gasteiger partial charge in [0.15, 0.2) is 0 Å². The molecule has 0 bridgehead atoms. The van der Waals surface area contributed by atoms with Gasteiger partial charge >= 0.3 is 0 Å². The van der Waals surface area contributed by atoms with Crippen LogP contribution in [0.2, 0.25) is 5.28 Å². The molecule has 0 aliphatic carbocycles. The van der Waals surface area contributed by atoms with Gasteiger partial charge in [-0.15, -0.1) is 0 Å². The molecular formula is C8H9ClN2O2. The van der Waals surface area contributed by atoms with Crippen molar-refractivity contribution >= 4 is 11.6 Å². The van der Waals surface area contributed by atoms with E-state index in [4.69, 9.17) is 16.3 Å². The standard InChI is InChI=1S/C8H9ClN2O2/c9-8-10-2-5(3-11-8)7(12)1-6-4-13-6/h2-3,6-7,12H,1,4H2. The van der Waals surface area contributed by atoms with E-state index in [1.54, 1.807) is 0 Å². The van der Waals surface area contributed by atoms with Crippen molar-refractivity contribution < 1.29 is 9.84 Å². The highest BCUT2D eigenvalue weighted by atomic mass is 35.5. The van der Waals surface area contributed by atoms with Crippen LogP contribution in [0.25, 0.3) is 0 Å². The minimum atomic E-state index is -0.551. The molecule has 2 unspecified atom stereocenters. The number of nitrogens with zero attached hydrogens (tertiary/aromatic N) is 2. The first kappa shape index (κ1) is 8.87. The van der Waals surface area contributed by atoms with Gasteiger partial charge in [-0.05, 0) is 11.6 Å². The van der Waals surface area contributed by atoms with Crippen LogP contribution in [0.15, 0.2) is 12.4 Å². The van der Waals surface area contributed by atoms with Gasteiger partial charge < -0.3 is 9.84 Å². The van der Waals surface area contributed by atoms with Crippen LogP contribution in [0.3, 0.4) is 0 Å². The van der Waals surface area contributed by atoms with E-state index >= 15 is 0 Å². The number of rotatable bonds is 3. The van der Waals surface area contributed by atoms with Gasteiger partial charge in [-0.25, -0.2) is 9.97 Å². The molecule has 1 N–H and O–H groups in total. The Morgan fingerprint density at radius 1 is 1.62 bits per heavy atom. The Hall–Kier alpha value is -0.710. The molecule has 0 amide bonds. The fourth-order valence-corrected chi connectivity index (χ4v) is 1.18. The van der Waals surface area contributed by atoms with E-state index < -0.39 is 6.10 Å². The van der Waals surface area contributed by atoms with Crippen LogP contribution in [-0.4, -0.2) is 27.8 Å². The first-order valence-electron chi connectivity index (χ1n) is 4.03. The van der Waals surface area contributed by atoms with E-state index in [1.807, 2.05) is 0 Å². The number of hydrogen-bond acceptors (Lipinski definition) is 4. The summed E-state index contributed by atoms with van der Waals surface area (Å²) in [5.41, 5.74) is 0.680.